The minimum Gasteiger partial charge on any atom is -0.356 e. The fourth-order valence-corrected chi connectivity index (χ4v) is 3.41. The van der Waals surface area contributed by atoms with E-state index in [0.29, 0.717) is 6.54 Å². The highest BCUT2D eigenvalue weighted by molar-refractivity contribution is 5.87. The zero-order valence-electron chi connectivity index (χ0n) is 14.8. The lowest BCUT2D eigenvalue weighted by molar-refractivity contribution is 0.234. The molecule has 8 heteroatoms. The van der Waals surface area contributed by atoms with Gasteiger partial charge in [-0.3, -0.25) is 0 Å². The fraction of sp³-hybridized carbons (Fsp3) is 0.316. The van der Waals surface area contributed by atoms with Crippen LogP contribution in [0.25, 0.3) is 11.0 Å². The molecule has 140 valence electrons. The smallest absolute Gasteiger partial charge is 0.315 e. The number of H-pyrrole nitrogens is 1. The molecule has 4 rings (SSSR count). The molecule has 0 radical (unpaired) electrons. The summed E-state index contributed by atoms with van der Waals surface area (Å²) in [5.74, 6) is 0.624. The minimum absolute atomic E-state index is 0.109. The molecule has 1 aliphatic heterocycles. The summed E-state index contributed by atoms with van der Waals surface area (Å²) >= 11 is 0. The molecule has 0 aliphatic carbocycles. The summed E-state index contributed by atoms with van der Waals surface area (Å²) in [5.41, 5.74) is 1.57. The van der Waals surface area contributed by atoms with Gasteiger partial charge < -0.3 is 20.5 Å². The number of aromatic nitrogens is 3. The van der Waals surface area contributed by atoms with E-state index >= 15 is 0 Å². The number of carbonyl (C=O) groups is 1. The predicted molar refractivity (Wildman–Crippen MR) is 101 cm³/mol. The zero-order chi connectivity index (χ0) is 18.6. The molecule has 0 unspecified atom stereocenters. The SMILES string of the molecule is O=C(NCc1cccc(F)c1)NC1CCN(c2ncnc3[nH]ccc23)CC1. The maximum absolute atomic E-state index is 13.2. The van der Waals surface area contributed by atoms with Gasteiger partial charge in [0.05, 0.1) is 5.39 Å². The van der Waals surface area contributed by atoms with E-state index in [0.717, 1.165) is 48.3 Å². The van der Waals surface area contributed by atoms with Gasteiger partial charge in [0.2, 0.25) is 0 Å². The Balaban J connectivity index is 1.28. The lowest BCUT2D eigenvalue weighted by Crippen LogP contribution is -2.48. The molecule has 2 amide bonds. The van der Waals surface area contributed by atoms with Crippen LogP contribution in [0.3, 0.4) is 0 Å². The summed E-state index contributed by atoms with van der Waals surface area (Å²) in [6.45, 7) is 1.92. The third kappa shape index (κ3) is 3.99. The van der Waals surface area contributed by atoms with Crippen molar-refractivity contribution >= 4 is 22.9 Å². The van der Waals surface area contributed by atoms with Crippen molar-refractivity contribution in [2.24, 2.45) is 0 Å². The van der Waals surface area contributed by atoms with E-state index in [1.807, 2.05) is 12.3 Å². The molecule has 1 saturated heterocycles. The summed E-state index contributed by atoms with van der Waals surface area (Å²) in [6.07, 6.45) is 5.10. The molecule has 0 atom stereocenters. The number of piperidine rings is 1. The van der Waals surface area contributed by atoms with E-state index in [2.05, 4.69) is 30.5 Å². The number of aromatic amines is 1. The van der Waals surface area contributed by atoms with E-state index in [9.17, 15) is 9.18 Å². The molecule has 27 heavy (non-hydrogen) atoms. The van der Waals surface area contributed by atoms with Gasteiger partial charge in [-0.1, -0.05) is 12.1 Å². The Hall–Kier alpha value is -3.16. The van der Waals surface area contributed by atoms with Crippen molar-refractivity contribution in [3.8, 4) is 0 Å². The minimum atomic E-state index is -0.302. The molecule has 0 bridgehead atoms. The first-order valence-corrected chi connectivity index (χ1v) is 9.01. The molecule has 0 spiro atoms. The van der Waals surface area contributed by atoms with Crippen LogP contribution in [0.1, 0.15) is 18.4 Å². The second kappa shape index (κ2) is 7.61. The van der Waals surface area contributed by atoms with E-state index < -0.39 is 0 Å². The highest BCUT2D eigenvalue weighted by atomic mass is 19.1. The van der Waals surface area contributed by atoms with Gasteiger partial charge >= 0.3 is 6.03 Å². The molecular weight excluding hydrogens is 347 g/mol. The largest absolute Gasteiger partial charge is 0.356 e. The molecule has 1 fully saturated rings. The van der Waals surface area contributed by atoms with Crippen LogP contribution in [0.4, 0.5) is 15.0 Å². The highest BCUT2D eigenvalue weighted by Gasteiger charge is 2.23. The van der Waals surface area contributed by atoms with Crippen molar-refractivity contribution in [3.63, 3.8) is 0 Å². The number of halogens is 1. The van der Waals surface area contributed by atoms with Crippen LogP contribution in [0, 0.1) is 5.82 Å². The summed E-state index contributed by atoms with van der Waals surface area (Å²) in [7, 11) is 0. The van der Waals surface area contributed by atoms with Gasteiger partial charge in [0.1, 0.15) is 23.6 Å². The van der Waals surface area contributed by atoms with E-state index in [4.69, 9.17) is 0 Å². The Labute approximate surface area is 156 Å². The molecule has 0 saturated carbocycles. The van der Waals surface area contributed by atoms with Crippen molar-refractivity contribution in [3.05, 3.63) is 54.2 Å². The lowest BCUT2D eigenvalue weighted by Gasteiger charge is -2.33. The van der Waals surface area contributed by atoms with Crippen LogP contribution in [-0.4, -0.2) is 40.1 Å². The summed E-state index contributed by atoms with van der Waals surface area (Å²) < 4.78 is 13.2. The normalized spacial score (nSPS) is 15.1. The quantitative estimate of drug-likeness (QED) is 0.661. The Kier molecular flexibility index (Phi) is 4.86. The fourth-order valence-electron chi connectivity index (χ4n) is 3.41. The van der Waals surface area contributed by atoms with Gasteiger partial charge in [0.15, 0.2) is 0 Å². The summed E-state index contributed by atoms with van der Waals surface area (Å²) in [4.78, 5) is 26.1. The average molecular weight is 368 g/mol. The topological polar surface area (TPSA) is 85.9 Å². The van der Waals surface area contributed by atoms with Crippen molar-refractivity contribution in [1.82, 2.24) is 25.6 Å². The van der Waals surface area contributed by atoms with Crippen LogP contribution < -0.4 is 15.5 Å². The number of benzene rings is 1. The number of urea groups is 1. The van der Waals surface area contributed by atoms with E-state index in [1.165, 1.54) is 12.1 Å². The van der Waals surface area contributed by atoms with Crippen molar-refractivity contribution in [1.29, 1.82) is 0 Å². The van der Waals surface area contributed by atoms with Gasteiger partial charge in [0, 0.05) is 31.9 Å². The number of amides is 2. The highest BCUT2D eigenvalue weighted by Crippen LogP contribution is 2.24. The second-order valence-electron chi connectivity index (χ2n) is 6.66. The zero-order valence-corrected chi connectivity index (χ0v) is 14.8. The van der Waals surface area contributed by atoms with Gasteiger partial charge in [-0.25, -0.2) is 19.2 Å². The number of fused-ring (bicyclic) bond motifs is 1. The summed E-state index contributed by atoms with van der Waals surface area (Å²) in [6, 6.07) is 8.08. The monoisotopic (exact) mass is 368 g/mol. The van der Waals surface area contributed by atoms with Crippen LogP contribution in [0.15, 0.2) is 42.9 Å². The number of rotatable bonds is 4. The first kappa shape index (κ1) is 17.3. The Bertz CT molecular complexity index is 935. The first-order chi connectivity index (χ1) is 13.2. The van der Waals surface area contributed by atoms with Gasteiger partial charge in [0.25, 0.3) is 0 Å². The average Bonchev–Trinajstić information content (AvgIpc) is 3.16. The van der Waals surface area contributed by atoms with Crippen LogP contribution in [0.2, 0.25) is 0 Å². The maximum atomic E-state index is 13.2. The lowest BCUT2D eigenvalue weighted by atomic mass is 10.1. The molecular formula is C19H21FN6O. The number of anilines is 1. The van der Waals surface area contributed by atoms with Gasteiger partial charge in [-0.05, 0) is 36.6 Å². The van der Waals surface area contributed by atoms with Crippen molar-refractivity contribution < 1.29 is 9.18 Å². The third-order valence-corrected chi connectivity index (χ3v) is 4.80. The van der Waals surface area contributed by atoms with Crippen LogP contribution in [0.5, 0.6) is 0 Å². The standard InChI is InChI=1S/C19H21FN6O/c20-14-3-1-2-13(10-14)11-22-19(27)25-15-5-8-26(9-6-15)18-16-4-7-21-17(16)23-12-24-18/h1-4,7,10,12,15H,5-6,8-9,11H2,(H,21,23,24)(H2,22,25,27). The first-order valence-electron chi connectivity index (χ1n) is 9.01. The molecule has 7 nitrogen and oxygen atoms in total. The predicted octanol–water partition coefficient (Wildman–Crippen LogP) is 2.57. The maximum Gasteiger partial charge on any atom is 0.315 e. The van der Waals surface area contributed by atoms with E-state index in [-0.39, 0.29) is 17.9 Å². The Morgan fingerprint density at radius 2 is 2.11 bits per heavy atom. The number of nitrogens with one attached hydrogen (secondary N) is 3. The number of hydrogen-bond donors (Lipinski definition) is 3. The number of carbonyl (C=O) groups excluding carboxylic acids is 1. The number of nitrogens with zero attached hydrogens (tertiary/aromatic N) is 3. The molecule has 1 aromatic carbocycles. The van der Waals surface area contributed by atoms with Gasteiger partial charge in [-0.15, -0.1) is 0 Å². The van der Waals surface area contributed by atoms with Gasteiger partial charge in [-0.2, -0.15) is 0 Å². The summed E-state index contributed by atoms with van der Waals surface area (Å²) in [5, 5.41) is 6.79. The van der Waals surface area contributed by atoms with Crippen LogP contribution >= 0.6 is 0 Å². The number of hydrogen-bond acceptors (Lipinski definition) is 4. The Morgan fingerprint density at radius 1 is 1.26 bits per heavy atom. The molecule has 3 aromatic rings. The molecule has 2 aromatic heterocycles. The van der Waals surface area contributed by atoms with Crippen molar-refractivity contribution in [2.75, 3.05) is 18.0 Å². The molecule has 3 N–H and O–H groups in total. The van der Waals surface area contributed by atoms with E-state index in [1.54, 1.807) is 18.5 Å². The van der Waals surface area contributed by atoms with Crippen molar-refractivity contribution in [2.45, 2.75) is 25.4 Å². The second-order valence-corrected chi connectivity index (χ2v) is 6.66. The van der Waals surface area contributed by atoms with Crippen LogP contribution in [-0.2, 0) is 6.54 Å². The molecule has 1 aliphatic rings. The third-order valence-electron chi connectivity index (χ3n) is 4.80. The molecule has 3 heterocycles. The Morgan fingerprint density at radius 3 is 2.93 bits per heavy atom.